The zero-order valence-corrected chi connectivity index (χ0v) is 21.1. The van der Waals surface area contributed by atoms with Gasteiger partial charge in [0.05, 0.1) is 23.0 Å². The van der Waals surface area contributed by atoms with Gasteiger partial charge in [-0.25, -0.2) is 0 Å². The van der Waals surface area contributed by atoms with Gasteiger partial charge in [-0.2, -0.15) is 0 Å². The van der Waals surface area contributed by atoms with Crippen molar-refractivity contribution in [1.29, 1.82) is 0 Å². The van der Waals surface area contributed by atoms with Crippen LogP contribution in [-0.2, 0) is 38.1 Å². The highest BCUT2D eigenvalue weighted by Gasteiger charge is 2.82. The smallest absolute Gasteiger partial charge is 0.313 e. The normalized spacial score (nSPS) is 44.7. The summed E-state index contributed by atoms with van der Waals surface area (Å²) in [5.74, 6) is -1.36. The second-order valence-electron chi connectivity index (χ2n) is 12.9. The van der Waals surface area contributed by atoms with Crippen LogP contribution in [0.4, 0.5) is 0 Å². The first kappa shape index (κ1) is 23.9. The lowest BCUT2D eigenvalue weighted by Gasteiger charge is -2.55. The van der Waals surface area contributed by atoms with Crippen molar-refractivity contribution in [2.24, 2.45) is 33.5 Å². The van der Waals surface area contributed by atoms with Crippen molar-refractivity contribution in [3.8, 4) is 0 Å². The Morgan fingerprint density at radius 1 is 0.912 bits per heavy atom. The van der Waals surface area contributed by atoms with Crippen LogP contribution in [0.15, 0.2) is 0 Å². The van der Waals surface area contributed by atoms with Crippen molar-refractivity contribution < 1.29 is 38.1 Å². The quantitative estimate of drug-likeness (QED) is 0.573. The van der Waals surface area contributed by atoms with Crippen LogP contribution >= 0.6 is 0 Å². The lowest BCUT2D eigenvalue weighted by Crippen LogP contribution is -2.65. The molecule has 0 unspecified atom stereocenters. The van der Waals surface area contributed by atoms with Crippen LogP contribution in [-0.4, -0.2) is 54.2 Å². The zero-order chi connectivity index (χ0) is 25.0. The Bertz CT molecular complexity index is 957. The Morgan fingerprint density at radius 2 is 1.50 bits per heavy atom. The molecule has 2 aliphatic carbocycles. The Morgan fingerprint density at radius 3 is 2.09 bits per heavy atom. The Hall–Kier alpha value is -1.80. The van der Waals surface area contributed by atoms with Crippen molar-refractivity contribution in [2.45, 2.75) is 105 Å². The first-order chi connectivity index (χ1) is 15.7. The molecule has 0 amide bonds. The van der Waals surface area contributed by atoms with Crippen molar-refractivity contribution >= 4 is 23.5 Å². The van der Waals surface area contributed by atoms with Crippen molar-refractivity contribution in [3.63, 3.8) is 0 Å². The second-order valence-corrected chi connectivity index (χ2v) is 12.9. The first-order valence-corrected chi connectivity index (χ1v) is 12.5. The number of rotatable bonds is 3. The minimum Gasteiger partial charge on any atom is -0.461 e. The average molecular weight is 477 g/mol. The molecule has 3 aliphatic heterocycles. The highest BCUT2D eigenvalue weighted by molar-refractivity contribution is 5.93. The predicted octanol–water partition coefficient (Wildman–Crippen LogP) is 2.99. The molecule has 0 spiro atoms. The predicted molar refractivity (Wildman–Crippen MR) is 118 cm³/mol. The summed E-state index contributed by atoms with van der Waals surface area (Å²) in [6.45, 7) is 12.5. The van der Waals surface area contributed by atoms with Gasteiger partial charge in [0.15, 0.2) is 11.6 Å². The molecule has 5 fully saturated rings. The summed E-state index contributed by atoms with van der Waals surface area (Å²) in [4.78, 5) is 52.6. The molecule has 0 aromatic heterocycles. The standard InChI is InChI=1S/C26H36O8/c1-8-25-11-16(33-20(29)23(2,3)4)26-15(28)10-14(32-22(26)34-21(30)24(5,6)7)18(26)17(25)13-9-12(27)19(25)31-13/h13-14,16-19,22H,8-11H2,1-7H3/t13-,14-,16+,17+,18+,19+,22+,25-,26-/m1/s1. The third-order valence-corrected chi connectivity index (χ3v) is 8.93. The van der Waals surface area contributed by atoms with Crippen LogP contribution in [0, 0.1) is 33.5 Å². The van der Waals surface area contributed by atoms with Crippen LogP contribution in [0.1, 0.15) is 74.1 Å². The van der Waals surface area contributed by atoms with E-state index in [0.29, 0.717) is 19.3 Å². The molecule has 2 saturated carbocycles. The SMILES string of the molecule is CC[C@@]12C[C@H](OC(=O)C(C)(C)C)[C@@]34C(=O)C[C@@H](O[C@H]3OC(=O)C(C)(C)C)[C@H]4[C@@H]1[C@H]1CC(=O)[C@@H]2O1. The molecule has 9 atom stereocenters. The van der Waals surface area contributed by atoms with E-state index in [1.807, 2.05) is 6.92 Å². The molecular formula is C26H36O8. The number of carbonyl (C=O) groups excluding carboxylic acids is 4. The Kier molecular flexibility index (Phi) is 5.01. The molecule has 5 aliphatic rings. The third kappa shape index (κ3) is 2.90. The van der Waals surface area contributed by atoms with Gasteiger partial charge in [0, 0.05) is 30.1 Å². The molecule has 3 heterocycles. The number of hydrogen-bond acceptors (Lipinski definition) is 8. The third-order valence-electron chi connectivity index (χ3n) is 8.93. The molecule has 0 aromatic rings. The highest BCUT2D eigenvalue weighted by Crippen LogP contribution is 2.72. The van der Waals surface area contributed by atoms with Gasteiger partial charge >= 0.3 is 11.9 Å². The van der Waals surface area contributed by atoms with E-state index in [4.69, 9.17) is 18.9 Å². The van der Waals surface area contributed by atoms with E-state index in [9.17, 15) is 19.2 Å². The fourth-order valence-electron chi connectivity index (χ4n) is 7.32. The van der Waals surface area contributed by atoms with E-state index >= 15 is 0 Å². The minimum atomic E-state index is -1.29. The number of ketones is 2. The monoisotopic (exact) mass is 476 g/mol. The van der Waals surface area contributed by atoms with E-state index < -0.39 is 58.2 Å². The summed E-state index contributed by atoms with van der Waals surface area (Å²) in [7, 11) is 0. The van der Waals surface area contributed by atoms with Gasteiger partial charge in [-0.15, -0.1) is 0 Å². The number of esters is 2. The maximum Gasteiger partial charge on any atom is 0.313 e. The van der Waals surface area contributed by atoms with E-state index in [1.54, 1.807) is 41.5 Å². The molecule has 8 heteroatoms. The molecule has 188 valence electrons. The molecule has 8 nitrogen and oxygen atoms in total. The lowest BCUT2D eigenvalue weighted by molar-refractivity contribution is -0.234. The minimum absolute atomic E-state index is 0.0771. The molecule has 4 bridgehead atoms. The van der Waals surface area contributed by atoms with Gasteiger partial charge < -0.3 is 18.9 Å². The number of Topliss-reactive ketones (excluding diaryl/α,β-unsaturated/α-hetero) is 2. The number of hydrogen-bond donors (Lipinski definition) is 0. The van der Waals surface area contributed by atoms with Gasteiger partial charge in [0.25, 0.3) is 0 Å². The molecule has 0 radical (unpaired) electrons. The summed E-state index contributed by atoms with van der Waals surface area (Å²) in [6.07, 6.45) is -1.84. The molecule has 0 N–H and O–H groups in total. The van der Waals surface area contributed by atoms with Gasteiger partial charge in [0.2, 0.25) is 6.29 Å². The van der Waals surface area contributed by atoms with Gasteiger partial charge in [-0.3, -0.25) is 19.2 Å². The summed E-state index contributed by atoms with van der Waals surface area (Å²) >= 11 is 0. The molecule has 5 rings (SSSR count). The van der Waals surface area contributed by atoms with Crippen molar-refractivity contribution in [3.05, 3.63) is 0 Å². The van der Waals surface area contributed by atoms with Crippen molar-refractivity contribution in [1.82, 2.24) is 0 Å². The van der Waals surface area contributed by atoms with Crippen LogP contribution in [0.25, 0.3) is 0 Å². The maximum absolute atomic E-state index is 13.8. The summed E-state index contributed by atoms with van der Waals surface area (Å²) in [5, 5.41) is 0. The molecular weight excluding hydrogens is 440 g/mol. The second kappa shape index (κ2) is 7.12. The molecule has 0 aromatic carbocycles. The fourth-order valence-corrected chi connectivity index (χ4v) is 7.32. The van der Waals surface area contributed by atoms with E-state index in [1.165, 1.54) is 0 Å². The average Bonchev–Trinajstić information content (AvgIpc) is 3.41. The first-order valence-electron chi connectivity index (χ1n) is 12.5. The number of fused-ring (bicyclic) bond motifs is 5. The Balaban J connectivity index is 1.63. The Labute approximate surface area is 200 Å². The molecule has 34 heavy (non-hydrogen) atoms. The van der Waals surface area contributed by atoms with E-state index in [2.05, 4.69) is 0 Å². The van der Waals surface area contributed by atoms with Crippen LogP contribution < -0.4 is 0 Å². The van der Waals surface area contributed by atoms with Gasteiger partial charge in [-0.05, 0) is 54.4 Å². The van der Waals surface area contributed by atoms with Crippen LogP contribution in [0.5, 0.6) is 0 Å². The topological polar surface area (TPSA) is 105 Å². The van der Waals surface area contributed by atoms with E-state index in [0.717, 1.165) is 0 Å². The highest BCUT2D eigenvalue weighted by atomic mass is 16.7. The fraction of sp³-hybridized carbons (Fsp3) is 0.846. The largest absolute Gasteiger partial charge is 0.461 e. The van der Waals surface area contributed by atoms with Gasteiger partial charge in [-0.1, -0.05) is 6.92 Å². The van der Waals surface area contributed by atoms with Gasteiger partial charge in [0.1, 0.15) is 17.6 Å². The maximum atomic E-state index is 13.8. The van der Waals surface area contributed by atoms with Crippen LogP contribution in [0.3, 0.4) is 0 Å². The molecule has 3 saturated heterocycles. The van der Waals surface area contributed by atoms with E-state index in [-0.39, 0.29) is 35.9 Å². The number of carbonyl (C=O) groups is 4. The summed E-state index contributed by atoms with van der Waals surface area (Å²) in [6, 6.07) is 0. The number of ether oxygens (including phenoxy) is 4. The summed E-state index contributed by atoms with van der Waals surface area (Å²) < 4.78 is 24.5. The zero-order valence-electron chi connectivity index (χ0n) is 21.1. The lowest BCUT2D eigenvalue weighted by atomic mass is 9.47. The summed E-state index contributed by atoms with van der Waals surface area (Å²) in [5.41, 5.74) is -3.40. The van der Waals surface area contributed by atoms with Crippen LogP contribution in [0.2, 0.25) is 0 Å². The van der Waals surface area contributed by atoms with Crippen molar-refractivity contribution in [2.75, 3.05) is 0 Å².